The van der Waals surface area contributed by atoms with Crippen LogP contribution in [0.1, 0.15) is 17.5 Å². The Balaban J connectivity index is 1.93. The number of rotatable bonds is 6. The summed E-state index contributed by atoms with van der Waals surface area (Å²) in [6.07, 6.45) is 1.72. The van der Waals surface area contributed by atoms with E-state index in [4.69, 9.17) is 16.2 Å². The molecule has 0 saturated heterocycles. The molecule has 0 radical (unpaired) electrons. The SMILES string of the molecule is N=C(N)c1ccc(-n2cc(O)n(-c3ccc(CCC(=O)O)cc3)c2=O)cc1. The third kappa shape index (κ3) is 3.74. The lowest BCUT2D eigenvalue weighted by Crippen LogP contribution is -2.22. The molecule has 0 amide bonds. The van der Waals surface area contributed by atoms with Crippen LogP contribution in [0.2, 0.25) is 0 Å². The van der Waals surface area contributed by atoms with Crippen LogP contribution in [0.5, 0.6) is 5.88 Å². The number of hydrogen-bond donors (Lipinski definition) is 4. The molecule has 8 nitrogen and oxygen atoms in total. The van der Waals surface area contributed by atoms with Crippen molar-refractivity contribution in [1.82, 2.24) is 9.13 Å². The van der Waals surface area contributed by atoms with Gasteiger partial charge in [-0.3, -0.25) is 14.8 Å². The maximum absolute atomic E-state index is 12.7. The van der Waals surface area contributed by atoms with E-state index in [0.717, 1.165) is 10.1 Å². The number of nitrogens with zero attached hydrogens (tertiary/aromatic N) is 2. The molecule has 0 fully saturated rings. The largest absolute Gasteiger partial charge is 0.493 e. The van der Waals surface area contributed by atoms with Crippen LogP contribution in [-0.4, -0.2) is 31.2 Å². The van der Waals surface area contributed by atoms with Gasteiger partial charge in [0.1, 0.15) is 5.84 Å². The lowest BCUT2D eigenvalue weighted by Gasteiger charge is -2.05. The topological polar surface area (TPSA) is 134 Å². The predicted molar refractivity (Wildman–Crippen MR) is 100 cm³/mol. The summed E-state index contributed by atoms with van der Waals surface area (Å²) in [6, 6.07) is 13.3. The van der Waals surface area contributed by atoms with E-state index in [2.05, 4.69) is 0 Å². The number of nitrogens with two attached hydrogens (primary N) is 1. The molecule has 0 aliphatic carbocycles. The summed E-state index contributed by atoms with van der Waals surface area (Å²) in [6.45, 7) is 0. The van der Waals surface area contributed by atoms with Crippen molar-refractivity contribution >= 4 is 11.8 Å². The van der Waals surface area contributed by atoms with Gasteiger partial charge in [0.25, 0.3) is 0 Å². The van der Waals surface area contributed by atoms with Gasteiger partial charge in [-0.1, -0.05) is 12.1 Å². The number of benzene rings is 2. The highest BCUT2D eigenvalue weighted by molar-refractivity contribution is 5.95. The standard InChI is InChI=1S/C19H18N4O4/c20-18(21)13-4-8-14(9-5-13)22-11-16(24)23(19(22)27)15-6-1-12(2-7-15)3-10-17(25)26/h1-2,4-9,11,24H,3,10H2,(H3,20,21)(H,25,26). The fourth-order valence-electron chi connectivity index (χ4n) is 2.73. The van der Waals surface area contributed by atoms with E-state index >= 15 is 0 Å². The Morgan fingerprint density at radius 3 is 2.19 bits per heavy atom. The van der Waals surface area contributed by atoms with Gasteiger partial charge < -0.3 is 15.9 Å². The minimum absolute atomic E-state index is 0.0250. The van der Waals surface area contributed by atoms with E-state index in [1.807, 2.05) is 0 Å². The van der Waals surface area contributed by atoms with E-state index in [1.54, 1.807) is 48.5 Å². The molecular formula is C19H18N4O4. The van der Waals surface area contributed by atoms with Gasteiger partial charge in [-0.15, -0.1) is 0 Å². The molecule has 0 bridgehead atoms. The van der Waals surface area contributed by atoms with Gasteiger partial charge >= 0.3 is 11.7 Å². The Bertz CT molecular complexity index is 1050. The third-order valence-corrected chi connectivity index (χ3v) is 4.15. The number of aromatic nitrogens is 2. The molecule has 1 aromatic heterocycles. The molecule has 138 valence electrons. The van der Waals surface area contributed by atoms with Crippen molar-refractivity contribution < 1.29 is 15.0 Å². The predicted octanol–water partition coefficient (Wildman–Crippen LogP) is 1.64. The quantitative estimate of drug-likeness (QED) is 0.388. The first-order chi connectivity index (χ1) is 12.9. The van der Waals surface area contributed by atoms with Crippen molar-refractivity contribution in [2.45, 2.75) is 12.8 Å². The fourth-order valence-corrected chi connectivity index (χ4v) is 2.73. The van der Waals surface area contributed by atoms with Crippen LogP contribution in [0.15, 0.2) is 59.5 Å². The van der Waals surface area contributed by atoms with Crippen LogP contribution >= 0.6 is 0 Å². The minimum atomic E-state index is -0.874. The number of imidazole rings is 1. The van der Waals surface area contributed by atoms with E-state index < -0.39 is 11.7 Å². The van der Waals surface area contributed by atoms with E-state index in [1.165, 1.54) is 10.8 Å². The molecule has 3 rings (SSSR count). The third-order valence-electron chi connectivity index (χ3n) is 4.15. The number of aromatic hydroxyl groups is 1. The number of nitrogens with one attached hydrogen (secondary N) is 1. The van der Waals surface area contributed by atoms with Crippen molar-refractivity contribution in [3.05, 3.63) is 76.3 Å². The molecule has 27 heavy (non-hydrogen) atoms. The van der Waals surface area contributed by atoms with Crippen molar-refractivity contribution in [2.24, 2.45) is 5.73 Å². The van der Waals surface area contributed by atoms with Crippen molar-refractivity contribution in [1.29, 1.82) is 5.41 Å². The number of carboxylic acids is 1. The summed E-state index contributed by atoms with van der Waals surface area (Å²) in [7, 11) is 0. The molecular weight excluding hydrogens is 348 g/mol. The average Bonchev–Trinajstić information content (AvgIpc) is 2.95. The van der Waals surface area contributed by atoms with Gasteiger partial charge in [0.15, 0.2) is 0 Å². The number of hydrogen-bond acceptors (Lipinski definition) is 4. The highest BCUT2D eigenvalue weighted by Crippen LogP contribution is 2.18. The zero-order valence-corrected chi connectivity index (χ0v) is 14.3. The van der Waals surface area contributed by atoms with E-state index in [-0.39, 0.29) is 18.1 Å². The number of carbonyl (C=O) groups is 1. The van der Waals surface area contributed by atoms with Gasteiger partial charge in [-0.2, -0.15) is 0 Å². The number of aryl methyl sites for hydroxylation is 1. The first-order valence-corrected chi connectivity index (χ1v) is 8.16. The number of carboxylic acid groups (broad SMARTS) is 1. The number of aliphatic carboxylic acids is 1. The summed E-state index contributed by atoms with van der Waals surface area (Å²) in [4.78, 5) is 23.4. The van der Waals surface area contributed by atoms with Crippen LogP contribution in [0, 0.1) is 5.41 Å². The molecule has 0 atom stereocenters. The van der Waals surface area contributed by atoms with E-state index in [0.29, 0.717) is 23.4 Å². The molecule has 0 unspecified atom stereocenters. The summed E-state index contributed by atoms with van der Waals surface area (Å²) >= 11 is 0. The van der Waals surface area contributed by atoms with Crippen molar-refractivity contribution in [3.8, 4) is 17.3 Å². The monoisotopic (exact) mass is 366 g/mol. The normalized spacial score (nSPS) is 10.7. The molecule has 3 aromatic rings. The van der Waals surface area contributed by atoms with Crippen LogP contribution < -0.4 is 11.4 Å². The van der Waals surface area contributed by atoms with Gasteiger partial charge in [-0.05, 0) is 48.4 Å². The van der Waals surface area contributed by atoms with Gasteiger partial charge in [0, 0.05) is 12.0 Å². The molecule has 1 heterocycles. The Labute approximate surface area is 154 Å². The molecule has 0 aliphatic rings. The van der Waals surface area contributed by atoms with E-state index in [9.17, 15) is 14.7 Å². The molecule has 5 N–H and O–H groups in total. The summed E-state index contributed by atoms with van der Waals surface area (Å²) in [5.74, 6) is -1.17. The Hall–Kier alpha value is -3.81. The smallest absolute Gasteiger partial charge is 0.340 e. The van der Waals surface area contributed by atoms with Crippen LogP contribution in [0.4, 0.5) is 0 Å². The summed E-state index contributed by atoms with van der Waals surface area (Å²) in [5.41, 5.74) is 7.32. The number of amidine groups is 1. The second kappa shape index (κ2) is 7.20. The second-order valence-corrected chi connectivity index (χ2v) is 6.00. The fraction of sp³-hybridized carbons (Fsp3) is 0.105. The maximum atomic E-state index is 12.7. The van der Waals surface area contributed by atoms with Gasteiger partial charge in [0.05, 0.1) is 17.6 Å². The van der Waals surface area contributed by atoms with Crippen LogP contribution in [0.3, 0.4) is 0 Å². The molecule has 0 spiro atoms. The Morgan fingerprint density at radius 1 is 1.04 bits per heavy atom. The lowest BCUT2D eigenvalue weighted by atomic mass is 10.1. The maximum Gasteiger partial charge on any atom is 0.340 e. The van der Waals surface area contributed by atoms with Gasteiger partial charge in [0.2, 0.25) is 5.88 Å². The molecule has 2 aromatic carbocycles. The highest BCUT2D eigenvalue weighted by atomic mass is 16.4. The first kappa shape index (κ1) is 18.0. The summed E-state index contributed by atoms with van der Waals surface area (Å²) in [5, 5.41) is 26.4. The molecule has 0 aliphatic heterocycles. The van der Waals surface area contributed by atoms with Crippen LogP contribution in [0.25, 0.3) is 11.4 Å². The second-order valence-electron chi connectivity index (χ2n) is 6.00. The molecule has 0 saturated carbocycles. The van der Waals surface area contributed by atoms with Crippen LogP contribution in [-0.2, 0) is 11.2 Å². The number of nitrogen functional groups attached to an aromatic ring is 1. The Morgan fingerprint density at radius 2 is 1.63 bits per heavy atom. The zero-order valence-electron chi connectivity index (χ0n) is 14.3. The van der Waals surface area contributed by atoms with Crippen molar-refractivity contribution in [2.75, 3.05) is 0 Å². The zero-order chi connectivity index (χ0) is 19.6. The highest BCUT2D eigenvalue weighted by Gasteiger charge is 2.14. The minimum Gasteiger partial charge on any atom is -0.493 e. The summed E-state index contributed by atoms with van der Waals surface area (Å²) < 4.78 is 2.44. The van der Waals surface area contributed by atoms with Gasteiger partial charge in [-0.25, -0.2) is 9.36 Å². The molecule has 8 heteroatoms. The first-order valence-electron chi connectivity index (χ1n) is 8.16. The van der Waals surface area contributed by atoms with Crippen molar-refractivity contribution in [3.63, 3.8) is 0 Å². The Kier molecular flexibility index (Phi) is 4.80. The average molecular weight is 366 g/mol. The lowest BCUT2D eigenvalue weighted by molar-refractivity contribution is -0.136.